The van der Waals surface area contributed by atoms with Gasteiger partial charge >= 0.3 is 5.97 Å². The lowest BCUT2D eigenvalue weighted by atomic mass is 10.1. The van der Waals surface area contributed by atoms with Gasteiger partial charge in [-0.3, -0.25) is 4.79 Å². The Morgan fingerprint density at radius 2 is 1.93 bits per heavy atom. The highest BCUT2D eigenvalue weighted by Crippen LogP contribution is 2.33. The number of thiophene rings is 1. The summed E-state index contributed by atoms with van der Waals surface area (Å²) in [6, 6.07) is 9.56. The number of nitriles is 1. The molecule has 2 aromatic rings. The van der Waals surface area contributed by atoms with Crippen molar-refractivity contribution in [3.63, 3.8) is 0 Å². The number of carbonyl (C=O) groups excluding carboxylic acids is 2. The first kappa shape index (κ1) is 20.5. The van der Waals surface area contributed by atoms with Gasteiger partial charge in [0.15, 0.2) is 0 Å². The molecule has 0 unspecified atom stereocenters. The predicted molar refractivity (Wildman–Crippen MR) is 104 cm³/mol. The number of anilines is 1. The van der Waals surface area contributed by atoms with E-state index in [1.807, 2.05) is 24.3 Å². The molecule has 1 amide bonds. The van der Waals surface area contributed by atoms with Crippen LogP contribution in [0.3, 0.4) is 0 Å². The summed E-state index contributed by atoms with van der Waals surface area (Å²) in [5, 5.41) is 12.5. The van der Waals surface area contributed by atoms with E-state index in [0.29, 0.717) is 27.4 Å². The first-order valence-corrected chi connectivity index (χ1v) is 9.34. The first-order valence-electron chi connectivity index (χ1n) is 8.53. The number of amides is 1. The number of rotatable bonds is 7. The van der Waals surface area contributed by atoms with Crippen molar-refractivity contribution in [3.05, 3.63) is 45.8 Å². The molecular weight excluding hydrogens is 364 g/mol. The number of aryl methyl sites for hydroxylation is 1. The van der Waals surface area contributed by atoms with E-state index in [9.17, 15) is 14.9 Å². The lowest BCUT2D eigenvalue weighted by Gasteiger charge is -2.06. The molecule has 0 spiro atoms. The number of ether oxygens (including phenoxy) is 2. The topological polar surface area (TPSA) is 88.4 Å². The van der Waals surface area contributed by atoms with Crippen LogP contribution in [0.1, 0.15) is 46.6 Å². The van der Waals surface area contributed by atoms with Crippen LogP contribution in [0.15, 0.2) is 24.3 Å². The van der Waals surface area contributed by atoms with Gasteiger partial charge in [-0.25, -0.2) is 4.79 Å². The van der Waals surface area contributed by atoms with Crippen LogP contribution in [0.2, 0.25) is 0 Å². The van der Waals surface area contributed by atoms with Crippen LogP contribution >= 0.6 is 11.3 Å². The van der Waals surface area contributed by atoms with E-state index in [4.69, 9.17) is 9.47 Å². The third-order valence-electron chi connectivity index (χ3n) is 3.84. The van der Waals surface area contributed by atoms with E-state index in [1.54, 1.807) is 27.9 Å². The minimum absolute atomic E-state index is 0.215. The van der Waals surface area contributed by atoms with Crippen molar-refractivity contribution in [1.82, 2.24) is 0 Å². The fraction of sp³-hybridized carbons (Fsp3) is 0.350. The average Bonchev–Trinajstić information content (AvgIpc) is 2.95. The Balaban J connectivity index is 2.06. The molecule has 1 heterocycles. The van der Waals surface area contributed by atoms with E-state index in [1.165, 1.54) is 0 Å². The fourth-order valence-corrected chi connectivity index (χ4v) is 3.49. The van der Waals surface area contributed by atoms with Gasteiger partial charge in [-0.05, 0) is 50.5 Å². The molecule has 7 heteroatoms. The van der Waals surface area contributed by atoms with Crippen molar-refractivity contribution < 1.29 is 19.1 Å². The van der Waals surface area contributed by atoms with E-state index in [2.05, 4.69) is 11.4 Å². The molecular formula is C20H22N2O4S. The molecule has 0 atom stereocenters. The molecule has 2 rings (SSSR count). The molecule has 27 heavy (non-hydrogen) atoms. The minimum Gasteiger partial charge on any atom is -0.497 e. The second-order valence-corrected chi connectivity index (χ2v) is 7.24. The maximum absolute atomic E-state index is 12.3. The Kier molecular flexibility index (Phi) is 6.97. The molecule has 0 fully saturated rings. The zero-order chi connectivity index (χ0) is 20.0. The van der Waals surface area contributed by atoms with Gasteiger partial charge in [0.25, 0.3) is 0 Å². The quantitative estimate of drug-likeness (QED) is 0.725. The number of carbonyl (C=O) groups is 2. The van der Waals surface area contributed by atoms with E-state index >= 15 is 0 Å². The highest BCUT2D eigenvalue weighted by Gasteiger charge is 2.23. The number of hydrogen-bond donors (Lipinski definition) is 1. The van der Waals surface area contributed by atoms with Crippen LogP contribution in [-0.2, 0) is 16.0 Å². The van der Waals surface area contributed by atoms with Gasteiger partial charge in [0.05, 0.1) is 18.8 Å². The van der Waals surface area contributed by atoms with Crippen molar-refractivity contribution >= 4 is 28.2 Å². The summed E-state index contributed by atoms with van der Waals surface area (Å²) in [4.78, 5) is 24.8. The minimum atomic E-state index is -0.484. The summed E-state index contributed by atoms with van der Waals surface area (Å²) in [6.07, 6.45) is 0.566. The van der Waals surface area contributed by atoms with Crippen LogP contribution in [0.5, 0.6) is 5.75 Å². The molecule has 142 valence electrons. The van der Waals surface area contributed by atoms with E-state index < -0.39 is 5.97 Å². The van der Waals surface area contributed by atoms with Gasteiger partial charge in [-0.15, -0.1) is 11.3 Å². The maximum atomic E-state index is 12.3. The molecule has 1 aromatic heterocycles. The molecule has 0 bridgehead atoms. The molecule has 0 saturated heterocycles. The van der Waals surface area contributed by atoms with Crippen molar-refractivity contribution in [2.75, 3.05) is 12.4 Å². The lowest BCUT2D eigenvalue weighted by molar-refractivity contribution is -0.116. The highest BCUT2D eigenvalue weighted by molar-refractivity contribution is 7.18. The Morgan fingerprint density at radius 3 is 2.48 bits per heavy atom. The number of benzene rings is 1. The highest BCUT2D eigenvalue weighted by atomic mass is 32.1. The Bertz CT molecular complexity index is 863. The van der Waals surface area contributed by atoms with Crippen LogP contribution < -0.4 is 10.1 Å². The Morgan fingerprint density at radius 1 is 1.26 bits per heavy atom. The first-order chi connectivity index (χ1) is 12.8. The Labute approximate surface area is 162 Å². The number of nitrogens with zero attached hydrogens (tertiary/aromatic N) is 1. The predicted octanol–water partition coefficient (Wildman–Crippen LogP) is 4.07. The third kappa shape index (κ3) is 5.31. The number of hydrogen-bond acceptors (Lipinski definition) is 6. The monoisotopic (exact) mass is 386 g/mol. The molecule has 0 aliphatic rings. The van der Waals surface area contributed by atoms with Crippen LogP contribution in [0.4, 0.5) is 5.00 Å². The molecule has 1 N–H and O–H groups in total. The van der Waals surface area contributed by atoms with Crippen molar-refractivity contribution in [3.8, 4) is 11.8 Å². The van der Waals surface area contributed by atoms with Crippen LogP contribution in [0, 0.1) is 18.3 Å². The van der Waals surface area contributed by atoms with E-state index in [0.717, 1.165) is 22.6 Å². The number of nitrogens with one attached hydrogen (secondary N) is 1. The molecule has 0 saturated carbocycles. The maximum Gasteiger partial charge on any atom is 0.348 e. The summed E-state index contributed by atoms with van der Waals surface area (Å²) in [5.74, 6) is 0.0619. The molecule has 0 radical (unpaired) electrons. The van der Waals surface area contributed by atoms with Crippen LogP contribution in [-0.4, -0.2) is 25.1 Å². The van der Waals surface area contributed by atoms with Crippen molar-refractivity contribution in [2.24, 2.45) is 0 Å². The second-order valence-electron chi connectivity index (χ2n) is 6.22. The van der Waals surface area contributed by atoms with E-state index in [-0.39, 0.29) is 18.4 Å². The van der Waals surface area contributed by atoms with Crippen molar-refractivity contribution in [2.45, 2.75) is 39.7 Å². The summed E-state index contributed by atoms with van der Waals surface area (Å²) in [7, 11) is 1.60. The molecule has 6 nitrogen and oxygen atoms in total. The summed E-state index contributed by atoms with van der Waals surface area (Å²) in [5.41, 5.74) is 1.84. The third-order valence-corrected chi connectivity index (χ3v) is 5.03. The lowest BCUT2D eigenvalue weighted by Crippen LogP contribution is -2.12. The number of methoxy groups -OCH3 is 1. The molecule has 0 aliphatic heterocycles. The second kappa shape index (κ2) is 9.19. The zero-order valence-electron chi connectivity index (χ0n) is 15.8. The molecule has 0 aliphatic carbocycles. The smallest absolute Gasteiger partial charge is 0.348 e. The van der Waals surface area contributed by atoms with Gasteiger partial charge in [0, 0.05) is 6.42 Å². The molecule has 1 aromatic carbocycles. The summed E-state index contributed by atoms with van der Waals surface area (Å²) in [6.45, 7) is 5.20. The normalized spacial score (nSPS) is 10.4. The summed E-state index contributed by atoms with van der Waals surface area (Å²) >= 11 is 1.07. The van der Waals surface area contributed by atoms with Crippen LogP contribution in [0.25, 0.3) is 0 Å². The number of esters is 1. The van der Waals surface area contributed by atoms with Gasteiger partial charge in [0.2, 0.25) is 5.91 Å². The van der Waals surface area contributed by atoms with Gasteiger partial charge in [-0.2, -0.15) is 5.26 Å². The fourth-order valence-electron chi connectivity index (χ4n) is 2.44. The SMILES string of the molecule is COc1ccc(CCC(=O)Nc2sc(C(=O)OC(C)C)c(C)c2C#N)cc1. The van der Waals surface area contributed by atoms with Gasteiger partial charge in [-0.1, -0.05) is 12.1 Å². The summed E-state index contributed by atoms with van der Waals surface area (Å²) < 4.78 is 10.3. The van der Waals surface area contributed by atoms with Gasteiger partial charge < -0.3 is 14.8 Å². The Hall–Kier alpha value is -2.85. The van der Waals surface area contributed by atoms with Crippen molar-refractivity contribution in [1.29, 1.82) is 5.26 Å². The van der Waals surface area contributed by atoms with Gasteiger partial charge in [0.1, 0.15) is 21.7 Å². The average molecular weight is 386 g/mol. The standard InChI is InChI=1S/C20H22N2O4S/c1-12(2)26-20(24)18-13(3)16(11-21)19(27-18)22-17(23)10-7-14-5-8-15(25-4)9-6-14/h5-6,8-9,12H,7,10H2,1-4H3,(H,22,23). The zero-order valence-corrected chi connectivity index (χ0v) is 16.6. The largest absolute Gasteiger partial charge is 0.497 e.